The molecule has 0 aromatic rings. The van der Waals surface area contributed by atoms with Crippen LogP contribution >= 0.6 is 0 Å². The van der Waals surface area contributed by atoms with Gasteiger partial charge < -0.3 is 20.5 Å². The molecule has 0 aromatic carbocycles. The maximum atomic E-state index is 12.2. The van der Waals surface area contributed by atoms with Crippen LogP contribution in [0.25, 0.3) is 0 Å². The predicted molar refractivity (Wildman–Crippen MR) is 72.7 cm³/mol. The van der Waals surface area contributed by atoms with Gasteiger partial charge in [-0.1, -0.05) is 6.92 Å². The van der Waals surface area contributed by atoms with Gasteiger partial charge in [-0.05, 0) is 25.2 Å². The highest BCUT2D eigenvalue weighted by molar-refractivity contribution is 5.78. The van der Waals surface area contributed by atoms with Crippen LogP contribution in [0.1, 0.15) is 32.6 Å². The van der Waals surface area contributed by atoms with E-state index in [0.29, 0.717) is 25.7 Å². The number of hydrogen-bond acceptors (Lipinski definition) is 4. The molecule has 1 aliphatic carbocycles. The highest BCUT2D eigenvalue weighted by atomic mass is 16.5. The summed E-state index contributed by atoms with van der Waals surface area (Å²) in [7, 11) is 1.68. The van der Waals surface area contributed by atoms with E-state index < -0.39 is 0 Å². The Bertz CT molecular complexity index is 316. The summed E-state index contributed by atoms with van der Waals surface area (Å²) in [4.78, 5) is 12.2. The van der Waals surface area contributed by atoms with E-state index >= 15 is 0 Å². The zero-order valence-electron chi connectivity index (χ0n) is 12.0. The van der Waals surface area contributed by atoms with E-state index in [4.69, 9.17) is 15.2 Å². The first-order valence-corrected chi connectivity index (χ1v) is 7.22. The van der Waals surface area contributed by atoms with Crippen LogP contribution in [0.3, 0.4) is 0 Å². The second kappa shape index (κ2) is 6.20. The third-order valence-electron chi connectivity index (χ3n) is 4.69. The molecular formula is C14H26N2O3. The van der Waals surface area contributed by atoms with E-state index in [-0.39, 0.29) is 23.5 Å². The van der Waals surface area contributed by atoms with Crippen LogP contribution < -0.4 is 11.1 Å². The molecule has 4 atom stereocenters. The Morgan fingerprint density at radius 3 is 2.89 bits per heavy atom. The molecule has 110 valence electrons. The summed E-state index contributed by atoms with van der Waals surface area (Å²) in [5, 5.41) is 3.04. The van der Waals surface area contributed by atoms with Gasteiger partial charge in [0.25, 0.3) is 0 Å². The van der Waals surface area contributed by atoms with E-state index in [0.717, 1.165) is 25.7 Å². The van der Waals surface area contributed by atoms with Crippen LogP contribution in [0.2, 0.25) is 0 Å². The van der Waals surface area contributed by atoms with Gasteiger partial charge in [0.2, 0.25) is 5.91 Å². The predicted octanol–water partition coefficient (Wildman–Crippen LogP) is 0.672. The Hall–Kier alpha value is -0.650. The monoisotopic (exact) mass is 270 g/mol. The molecule has 0 aromatic heterocycles. The number of nitrogens with one attached hydrogen (secondary N) is 1. The smallest absolute Gasteiger partial charge is 0.223 e. The summed E-state index contributed by atoms with van der Waals surface area (Å²) in [6, 6.07) is 0.248. The van der Waals surface area contributed by atoms with Crippen molar-refractivity contribution < 1.29 is 14.3 Å². The maximum absolute atomic E-state index is 12.2. The Balaban J connectivity index is 1.81. The first kappa shape index (κ1) is 14.8. The Labute approximate surface area is 115 Å². The third-order valence-corrected chi connectivity index (χ3v) is 4.69. The third kappa shape index (κ3) is 3.46. The highest BCUT2D eigenvalue weighted by Gasteiger charge is 2.36. The summed E-state index contributed by atoms with van der Waals surface area (Å²) in [5.41, 5.74) is 5.66. The number of amides is 1. The fourth-order valence-electron chi connectivity index (χ4n) is 3.01. The van der Waals surface area contributed by atoms with Gasteiger partial charge in [0.05, 0.1) is 6.61 Å². The van der Waals surface area contributed by atoms with Crippen molar-refractivity contribution in [3.8, 4) is 0 Å². The fourth-order valence-corrected chi connectivity index (χ4v) is 3.01. The largest absolute Gasteiger partial charge is 0.378 e. The molecule has 4 unspecified atom stereocenters. The molecule has 1 amide bonds. The summed E-state index contributed by atoms with van der Waals surface area (Å²) < 4.78 is 10.9. The van der Waals surface area contributed by atoms with Crippen molar-refractivity contribution >= 4 is 5.91 Å². The average molecular weight is 270 g/mol. The molecule has 0 spiro atoms. The van der Waals surface area contributed by atoms with Gasteiger partial charge in [-0.3, -0.25) is 4.79 Å². The normalized spacial score (nSPS) is 39.2. The molecule has 3 N–H and O–H groups in total. The van der Waals surface area contributed by atoms with Crippen molar-refractivity contribution in [1.82, 2.24) is 5.32 Å². The second-order valence-electron chi connectivity index (χ2n) is 6.06. The molecule has 5 nitrogen and oxygen atoms in total. The quantitative estimate of drug-likeness (QED) is 0.787. The molecule has 2 aliphatic rings. The van der Waals surface area contributed by atoms with Crippen LogP contribution in [0.15, 0.2) is 0 Å². The number of ether oxygens (including phenoxy) is 2. The molecule has 1 saturated carbocycles. The van der Waals surface area contributed by atoms with Crippen LogP contribution in [-0.4, -0.2) is 44.4 Å². The zero-order chi connectivity index (χ0) is 13.9. The number of nitrogens with two attached hydrogens (primary N) is 1. The van der Waals surface area contributed by atoms with Gasteiger partial charge in [-0.25, -0.2) is 0 Å². The van der Waals surface area contributed by atoms with E-state index in [1.165, 1.54) is 0 Å². The van der Waals surface area contributed by atoms with Crippen molar-refractivity contribution in [1.29, 1.82) is 0 Å². The lowest BCUT2D eigenvalue weighted by atomic mass is 9.79. The number of rotatable bonds is 4. The van der Waals surface area contributed by atoms with Crippen molar-refractivity contribution in [3.05, 3.63) is 0 Å². The number of carbonyl (C=O) groups excluding carboxylic acids is 1. The van der Waals surface area contributed by atoms with Gasteiger partial charge >= 0.3 is 0 Å². The first-order valence-electron chi connectivity index (χ1n) is 7.22. The summed E-state index contributed by atoms with van der Waals surface area (Å²) in [5.74, 6) is 0.670. The van der Waals surface area contributed by atoms with Gasteiger partial charge in [0, 0.05) is 38.6 Å². The molecule has 19 heavy (non-hydrogen) atoms. The molecule has 0 bridgehead atoms. The minimum atomic E-state index is -0.327. The first-order chi connectivity index (χ1) is 9.06. The number of carbonyl (C=O) groups is 1. The Kier molecular flexibility index (Phi) is 4.81. The SMILES string of the molecule is COC1(CNC(=O)C2CCC(N)C(C)C2)CCOC1. The summed E-state index contributed by atoms with van der Waals surface area (Å²) in [6.07, 6.45) is 3.57. The van der Waals surface area contributed by atoms with Crippen LogP contribution in [0, 0.1) is 11.8 Å². The Morgan fingerprint density at radius 1 is 1.53 bits per heavy atom. The summed E-state index contributed by atoms with van der Waals surface area (Å²) in [6.45, 7) is 3.94. The van der Waals surface area contributed by atoms with Crippen LogP contribution in [0.4, 0.5) is 0 Å². The molecule has 2 rings (SSSR count). The highest BCUT2D eigenvalue weighted by Crippen LogP contribution is 2.28. The topological polar surface area (TPSA) is 73.6 Å². The molecular weight excluding hydrogens is 244 g/mol. The number of hydrogen-bond donors (Lipinski definition) is 2. The minimum absolute atomic E-state index is 0.103. The van der Waals surface area contributed by atoms with Crippen LogP contribution in [0.5, 0.6) is 0 Å². The van der Waals surface area contributed by atoms with E-state index in [1.807, 2.05) is 0 Å². The summed E-state index contributed by atoms with van der Waals surface area (Å²) >= 11 is 0. The maximum Gasteiger partial charge on any atom is 0.223 e. The van der Waals surface area contributed by atoms with Crippen molar-refractivity contribution in [3.63, 3.8) is 0 Å². The minimum Gasteiger partial charge on any atom is -0.378 e. The lowest BCUT2D eigenvalue weighted by Crippen LogP contribution is -2.48. The molecule has 1 aliphatic heterocycles. The zero-order valence-corrected chi connectivity index (χ0v) is 12.0. The van der Waals surface area contributed by atoms with Gasteiger partial charge in [-0.15, -0.1) is 0 Å². The average Bonchev–Trinajstić information content (AvgIpc) is 2.89. The lowest BCUT2D eigenvalue weighted by molar-refractivity contribution is -0.128. The standard InChI is InChI=1S/C14H26N2O3/c1-10-7-11(3-4-12(10)15)13(17)16-8-14(18-2)5-6-19-9-14/h10-12H,3-9,15H2,1-2H3,(H,16,17). The molecule has 2 fully saturated rings. The van der Waals surface area contributed by atoms with Gasteiger partial charge in [0.15, 0.2) is 0 Å². The Morgan fingerprint density at radius 2 is 2.32 bits per heavy atom. The molecule has 1 saturated heterocycles. The molecule has 5 heteroatoms. The molecule has 0 radical (unpaired) electrons. The van der Waals surface area contributed by atoms with E-state index in [9.17, 15) is 4.79 Å². The van der Waals surface area contributed by atoms with Crippen molar-refractivity contribution in [2.24, 2.45) is 17.6 Å². The second-order valence-corrected chi connectivity index (χ2v) is 6.06. The fraction of sp³-hybridized carbons (Fsp3) is 0.929. The van der Waals surface area contributed by atoms with Crippen LogP contribution in [-0.2, 0) is 14.3 Å². The number of methoxy groups -OCH3 is 1. The lowest BCUT2D eigenvalue weighted by Gasteiger charge is -2.32. The van der Waals surface area contributed by atoms with Gasteiger partial charge in [0.1, 0.15) is 5.60 Å². The van der Waals surface area contributed by atoms with Crippen molar-refractivity contribution in [2.45, 2.75) is 44.2 Å². The van der Waals surface area contributed by atoms with Gasteiger partial charge in [-0.2, -0.15) is 0 Å². The van der Waals surface area contributed by atoms with E-state index in [1.54, 1.807) is 7.11 Å². The van der Waals surface area contributed by atoms with Crippen molar-refractivity contribution in [2.75, 3.05) is 26.9 Å². The molecule has 1 heterocycles. The van der Waals surface area contributed by atoms with E-state index in [2.05, 4.69) is 12.2 Å².